The summed E-state index contributed by atoms with van der Waals surface area (Å²) in [7, 11) is 2.21. The van der Waals surface area contributed by atoms with Crippen molar-refractivity contribution in [2.24, 2.45) is 0 Å². The zero-order valence-electron chi connectivity index (χ0n) is 11.2. The number of rotatable bonds is 3. The number of nitrogens with one attached hydrogen (secondary N) is 1. The lowest BCUT2D eigenvalue weighted by Gasteiger charge is -2.32. The van der Waals surface area contributed by atoms with Crippen LogP contribution < -0.4 is 5.32 Å². The molecule has 2 heteroatoms. The van der Waals surface area contributed by atoms with Crippen molar-refractivity contribution in [1.82, 2.24) is 10.2 Å². The number of hydrogen-bond donors (Lipinski definition) is 1. The Balaban J connectivity index is 1.94. The Morgan fingerprint density at radius 1 is 1.41 bits per heavy atom. The lowest BCUT2D eigenvalue weighted by molar-refractivity contribution is 0.218. The molecule has 0 saturated carbocycles. The van der Waals surface area contributed by atoms with Gasteiger partial charge in [0.05, 0.1) is 0 Å². The normalized spacial score (nSPS) is 23.6. The van der Waals surface area contributed by atoms with Crippen molar-refractivity contribution in [3.05, 3.63) is 35.4 Å². The van der Waals surface area contributed by atoms with Crippen LogP contribution in [0.1, 0.15) is 36.9 Å². The second kappa shape index (κ2) is 5.65. The minimum atomic E-state index is 0.450. The average Bonchev–Trinajstić information content (AvgIpc) is 2.29. The van der Waals surface area contributed by atoms with E-state index in [4.69, 9.17) is 0 Å². The number of hydrogen-bond acceptors (Lipinski definition) is 2. The highest BCUT2D eigenvalue weighted by Gasteiger charge is 2.18. The Morgan fingerprint density at radius 3 is 2.94 bits per heavy atom. The summed E-state index contributed by atoms with van der Waals surface area (Å²) in [5.41, 5.74) is 2.75. The number of piperidine rings is 1. The molecule has 1 aromatic carbocycles. The van der Waals surface area contributed by atoms with Crippen molar-refractivity contribution in [3.8, 4) is 0 Å². The fourth-order valence-corrected chi connectivity index (χ4v) is 2.69. The maximum Gasteiger partial charge on any atom is 0.0294 e. The Kier molecular flexibility index (Phi) is 4.19. The molecule has 1 fully saturated rings. The molecule has 0 bridgehead atoms. The van der Waals surface area contributed by atoms with E-state index < -0.39 is 0 Å². The first-order chi connectivity index (χ1) is 8.15. The zero-order chi connectivity index (χ0) is 12.3. The molecule has 2 nitrogen and oxygen atoms in total. The number of likely N-dealkylation sites (tertiary alicyclic amines) is 1. The van der Waals surface area contributed by atoms with Gasteiger partial charge in [0.1, 0.15) is 0 Å². The lowest BCUT2D eigenvalue weighted by atomic mass is 10.0. The van der Waals surface area contributed by atoms with E-state index in [0.29, 0.717) is 12.1 Å². The molecule has 1 aromatic rings. The molecule has 17 heavy (non-hydrogen) atoms. The van der Waals surface area contributed by atoms with E-state index in [1.807, 2.05) is 0 Å². The van der Waals surface area contributed by atoms with Gasteiger partial charge in [0.25, 0.3) is 0 Å². The van der Waals surface area contributed by atoms with Gasteiger partial charge in [-0.2, -0.15) is 0 Å². The highest BCUT2D eigenvalue weighted by Crippen LogP contribution is 2.17. The molecule has 1 aliphatic heterocycles. The predicted octanol–water partition coefficient (Wildman–Crippen LogP) is 2.74. The van der Waals surface area contributed by atoms with Crippen LogP contribution in [0.5, 0.6) is 0 Å². The van der Waals surface area contributed by atoms with Crippen LogP contribution in [0.25, 0.3) is 0 Å². The summed E-state index contributed by atoms with van der Waals surface area (Å²) in [6.07, 6.45) is 2.62. The van der Waals surface area contributed by atoms with Gasteiger partial charge in [-0.3, -0.25) is 0 Å². The van der Waals surface area contributed by atoms with Gasteiger partial charge in [-0.05, 0) is 45.8 Å². The third-order valence-corrected chi connectivity index (χ3v) is 3.65. The first-order valence-electron chi connectivity index (χ1n) is 6.66. The lowest BCUT2D eigenvalue weighted by Crippen LogP contribution is -2.44. The van der Waals surface area contributed by atoms with Crippen LogP contribution in [0.2, 0.25) is 0 Å². The Labute approximate surface area is 105 Å². The predicted molar refractivity (Wildman–Crippen MR) is 73.2 cm³/mol. The average molecular weight is 232 g/mol. The van der Waals surface area contributed by atoms with E-state index in [2.05, 4.69) is 55.4 Å². The molecule has 1 saturated heterocycles. The second-order valence-electron chi connectivity index (χ2n) is 5.40. The second-order valence-corrected chi connectivity index (χ2v) is 5.40. The third-order valence-electron chi connectivity index (χ3n) is 3.65. The molecular formula is C15H24N2. The minimum absolute atomic E-state index is 0.450. The molecule has 0 spiro atoms. The summed E-state index contributed by atoms with van der Waals surface area (Å²) in [4.78, 5) is 2.42. The SMILES string of the molecule is Cc1cccc([C@@H](C)NC2CCCN(C)C2)c1. The zero-order valence-corrected chi connectivity index (χ0v) is 11.2. The van der Waals surface area contributed by atoms with Crippen LogP contribution in [0.15, 0.2) is 24.3 Å². The topological polar surface area (TPSA) is 15.3 Å². The fraction of sp³-hybridized carbons (Fsp3) is 0.600. The molecule has 1 aliphatic rings. The van der Waals surface area contributed by atoms with Crippen LogP contribution in [0.4, 0.5) is 0 Å². The Morgan fingerprint density at radius 2 is 2.24 bits per heavy atom. The maximum atomic E-state index is 3.75. The molecule has 1 heterocycles. The minimum Gasteiger partial charge on any atom is -0.306 e. The summed E-state index contributed by atoms with van der Waals surface area (Å²) in [6, 6.07) is 9.90. The maximum absolute atomic E-state index is 3.75. The molecule has 2 atom stereocenters. The van der Waals surface area contributed by atoms with Crippen molar-refractivity contribution in [3.63, 3.8) is 0 Å². The number of likely N-dealkylation sites (N-methyl/N-ethyl adjacent to an activating group) is 1. The van der Waals surface area contributed by atoms with Crippen LogP contribution in [0, 0.1) is 6.92 Å². The highest BCUT2D eigenvalue weighted by atomic mass is 15.1. The molecule has 0 aromatic heterocycles. The van der Waals surface area contributed by atoms with Crippen LogP contribution in [0.3, 0.4) is 0 Å². The van der Waals surface area contributed by atoms with Crippen molar-refractivity contribution < 1.29 is 0 Å². The summed E-state index contributed by atoms with van der Waals surface area (Å²) >= 11 is 0. The largest absolute Gasteiger partial charge is 0.306 e. The summed E-state index contributed by atoms with van der Waals surface area (Å²) < 4.78 is 0. The van der Waals surface area contributed by atoms with Crippen LogP contribution >= 0.6 is 0 Å². The number of nitrogens with zero attached hydrogens (tertiary/aromatic N) is 1. The van der Waals surface area contributed by atoms with E-state index in [0.717, 1.165) is 0 Å². The van der Waals surface area contributed by atoms with E-state index in [9.17, 15) is 0 Å². The van der Waals surface area contributed by atoms with Crippen molar-refractivity contribution >= 4 is 0 Å². The van der Waals surface area contributed by atoms with Gasteiger partial charge in [-0.1, -0.05) is 29.8 Å². The van der Waals surface area contributed by atoms with Crippen molar-refractivity contribution in [2.75, 3.05) is 20.1 Å². The molecule has 1 unspecified atom stereocenters. The van der Waals surface area contributed by atoms with E-state index in [1.54, 1.807) is 0 Å². The molecule has 2 rings (SSSR count). The molecule has 1 N–H and O–H groups in total. The summed E-state index contributed by atoms with van der Waals surface area (Å²) in [5, 5.41) is 3.75. The first-order valence-corrected chi connectivity index (χ1v) is 6.66. The molecule has 0 aliphatic carbocycles. The first kappa shape index (κ1) is 12.6. The summed E-state index contributed by atoms with van der Waals surface area (Å²) in [5.74, 6) is 0. The molecule has 0 amide bonds. The Bertz CT molecular complexity index is 362. The number of aryl methyl sites for hydroxylation is 1. The number of benzene rings is 1. The van der Waals surface area contributed by atoms with Gasteiger partial charge in [0.15, 0.2) is 0 Å². The Hall–Kier alpha value is -0.860. The van der Waals surface area contributed by atoms with Gasteiger partial charge < -0.3 is 10.2 Å². The van der Waals surface area contributed by atoms with Crippen LogP contribution in [-0.4, -0.2) is 31.1 Å². The standard InChI is InChI=1S/C15H24N2/c1-12-6-4-7-14(10-12)13(2)16-15-8-5-9-17(3)11-15/h4,6-7,10,13,15-16H,5,8-9,11H2,1-3H3/t13-,15?/m1/s1. The van der Waals surface area contributed by atoms with Crippen LogP contribution in [-0.2, 0) is 0 Å². The van der Waals surface area contributed by atoms with Gasteiger partial charge in [0, 0.05) is 18.6 Å². The van der Waals surface area contributed by atoms with E-state index in [-0.39, 0.29) is 0 Å². The van der Waals surface area contributed by atoms with Crippen molar-refractivity contribution in [2.45, 2.75) is 38.8 Å². The third kappa shape index (κ3) is 3.55. The van der Waals surface area contributed by atoms with Gasteiger partial charge in [0.2, 0.25) is 0 Å². The molecular weight excluding hydrogens is 208 g/mol. The van der Waals surface area contributed by atoms with Gasteiger partial charge in [-0.15, -0.1) is 0 Å². The van der Waals surface area contributed by atoms with Crippen molar-refractivity contribution in [1.29, 1.82) is 0 Å². The molecule has 0 radical (unpaired) electrons. The molecule has 94 valence electrons. The van der Waals surface area contributed by atoms with E-state index in [1.165, 1.54) is 37.1 Å². The van der Waals surface area contributed by atoms with E-state index >= 15 is 0 Å². The monoisotopic (exact) mass is 232 g/mol. The highest BCUT2D eigenvalue weighted by molar-refractivity contribution is 5.24. The summed E-state index contributed by atoms with van der Waals surface area (Å²) in [6.45, 7) is 6.85. The van der Waals surface area contributed by atoms with Gasteiger partial charge >= 0.3 is 0 Å². The van der Waals surface area contributed by atoms with Gasteiger partial charge in [-0.25, -0.2) is 0 Å². The quantitative estimate of drug-likeness (QED) is 0.862. The smallest absolute Gasteiger partial charge is 0.0294 e. The fourth-order valence-electron chi connectivity index (χ4n) is 2.69.